The molecule has 1 radical (unpaired) electrons. The summed E-state index contributed by atoms with van der Waals surface area (Å²) < 4.78 is 35.5. The van der Waals surface area contributed by atoms with Crippen LogP contribution in [-0.2, 0) is 4.79 Å². The summed E-state index contributed by atoms with van der Waals surface area (Å²) in [6, 6.07) is 7.40. The van der Waals surface area contributed by atoms with Crippen LogP contribution in [0.25, 0.3) is 0 Å². The Balaban J connectivity index is 0.00000225. The van der Waals surface area contributed by atoms with Crippen molar-refractivity contribution < 1.29 is 61.4 Å². The quantitative estimate of drug-likeness (QED) is 0.601. The molecule has 0 spiro atoms. The first-order valence-electron chi connectivity index (χ1n) is 4.09. The van der Waals surface area contributed by atoms with Crippen LogP contribution in [0.3, 0.4) is 0 Å². The van der Waals surface area contributed by atoms with E-state index in [9.17, 15) is 22.8 Å². The van der Waals surface area contributed by atoms with Gasteiger partial charge in [0.25, 0.3) is 0 Å². The first kappa shape index (κ1) is 15.6. The van der Waals surface area contributed by atoms with E-state index in [2.05, 4.69) is 0 Å². The Kier molecular flexibility index (Phi) is 6.24. The topological polar surface area (TPSA) is 34.1 Å². The molecule has 1 aromatic carbocycles. The zero-order chi connectivity index (χ0) is 11.5. The number of alkyl halides is 3. The summed E-state index contributed by atoms with van der Waals surface area (Å²) in [6.45, 7) is 0. The maximum absolute atomic E-state index is 11.8. The molecule has 0 saturated carbocycles. The molecule has 2 nitrogen and oxygen atoms in total. The summed E-state index contributed by atoms with van der Waals surface area (Å²) in [7, 11) is 0. The summed E-state index contributed by atoms with van der Waals surface area (Å²) in [5, 5.41) is 0. The molecule has 16 heavy (non-hydrogen) atoms. The minimum atomic E-state index is -4.94. The fourth-order valence-electron chi connectivity index (χ4n) is 0.972. The molecule has 0 fully saturated rings. The molecule has 0 aliphatic carbocycles. The van der Waals surface area contributed by atoms with Gasteiger partial charge in [-0.25, -0.2) is 0 Å². The Bertz CT molecular complexity index is 373. The number of benzene rings is 1. The van der Waals surface area contributed by atoms with Crippen molar-refractivity contribution in [2.75, 3.05) is 0 Å². The molecule has 0 N–H and O–H groups in total. The molecule has 1 rings (SSSR count). The van der Waals surface area contributed by atoms with Gasteiger partial charge in [0.2, 0.25) is 5.78 Å². The predicted molar refractivity (Wildman–Crippen MR) is 46.5 cm³/mol. The van der Waals surface area contributed by atoms with Crippen LogP contribution < -0.4 is 0 Å². The van der Waals surface area contributed by atoms with E-state index >= 15 is 0 Å². The fourth-order valence-corrected chi connectivity index (χ4v) is 0.972. The van der Waals surface area contributed by atoms with Crippen molar-refractivity contribution in [2.24, 2.45) is 0 Å². The Hall–Kier alpha value is -0.364. The molecule has 0 bridgehead atoms. The van der Waals surface area contributed by atoms with E-state index in [0.29, 0.717) is 0 Å². The van der Waals surface area contributed by atoms with Gasteiger partial charge in [0, 0.05) is 44.2 Å². The number of carbonyl (C=O) groups is 2. The van der Waals surface area contributed by atoms with Crippen molar-refractivity contribution >= 4 is 11.6 Å². The number of hydrogen-bond acceptors (Lipinski definition) is 2. The fraction of sp³-hybridized carbons (Fsp3) is 0.200. The maximum atomic E-state index is 11.8. The van der Waals surface area contributed by atoms with Gasteiger partial charge < -0.3 is 0 Å². The SMILES string of the molecule is O=C(CC(=O)C(F)(F)F)c1ccccc1.[Tb]. The molecule has 1 aromatic rings. The molecule has 0 aliphatic rings. The predicted octanol–water partition coefficient (Wildman–Crippen LogP) is 2.39. The third kappa shape index (κ3) is 4.65. The van der Waals surface area contributed by atoms with Crippen LogP contribution in [0, 0.1) is 38.6 Å². The zero-order valence-electron chi connectivity index (χ0n) is 7.88. The number of ketones is 2. The van der Waals surface area contributed by atoms with E-state index in [4.69, 9.17) is 0 Å². The van der Waals surface area contributed by atoms with Crippen LogP contribution in [-0.4, -0.2) is 17.7 Å². The van der Waals surface area contributed by atoms with Crippen molar-refractivity contribution in [3.63, 3.8) is 0 Å². The van der Waals surface area contributed by atoms with Gasteiger partial charge in [-0.3, -0.25) is 9.59 Å². The number of carbonyl (C=O) groups excluding carboxylic acids is 2. The van der Waals surface area contributed by atoms with Crippen LogP contribution in [0.5, 0.6) is 0 Å². The Labute approximate surface area is 121 Å². The first-order valence-corrected chi connectivity index (χ1v) is 4.09. The summed E-state index contributed by atoms with van der Waals surface area (Å²) in [4.78, 5) is 21.7. The van der Waals surface area contributed by atoms with E-state index in [0.717, 1.165) is 0 Å². The molecule has 0 amide bonds. The minimum Gasteiger partial charge on any atom is -0.294 e. The van der Waals surface area contributed by atoms with Gasteiger partial charge in [-0.2, -0.15) is 13.2 Å². The van der Waals surface area contributed by atoms with E-state index in [1.807, 2.05) is 0 Å². The van der Waals surface area contributed by atoms with E-state index in [1.165, 1.54) is 24.3 Å². The molecule has 0 unspecified atom stereocenters. The third-order valence-corrected chi connectivity index (χ3v) is 1.73. The van der Waals surface area contributed by atoms with Gasteiger partial charge in [0.15, 0.2) is 5.78 Å². The van der Waals surface area contributed by atoms with Gasteiger partial charge in [-0.1, -0.05) is 30.3 Å². The van der Waals surface area contributed by atoms with Gasteiger partial charge in [0.1, 0.15) is 0 Å². The molecular formula is C10H7F3O2Tb. The second-order valence-electron chi connectivity index (χ2n) is 2.89. The van der Waals surface area contributed by atoms with E-state index in [1.54, 1.807) is 6.07 Å². The third-order valence-electron chi connectivity index (χ3n) is 1.73. The summed E-state index contributed by atoms with van der Waals surface area (Å²) in [5.41, 5.74) is 0.107. The molecule has 0 aliphatic heterocycles. The van der Waals surface area contributed by atoms with E-state index in [-0.39, 0.29) is 44.2 Å². The summed E-state index contributed by atoms with van der Waals surface area (Å²) in [5.74, 6) is -2.84. The second kappa shape index (κ2) is 6.39. The summed E-state index contributed by atoms with van der Waals surface area (Å²) >= 11 is 0. The molecule has 0 atom stereocenters. The monoisotopic (exact) mass is 375 g/mol. The van der Waals surface area contributed by atoms with Crippen molar-refractivity contribution in [3.05, 3.63) is 35.9 Å². The smallest absolute Gasteiger partial charge is 0.294 e. The average molecular weight is 375 g/mol. The number of hydrogen-bond donors (Lipinski definition) is 0. The number of Topliss-reactive ketones (excluding diaryl/α,β-unsaturated/α-hetero) is 2. The molecular weight excluding hydrogens is 368 g/mol. The molecule has 0 heterocycles. The van der Waals surface area contributed by atoms with Crippen molar-refractivity contribution in [1.29, 1.82) is 0 Å². The minimum absolute atomic E-state index is 0. The zero-order valence-corrected chi connectivity index (χ0v) is 10.0. The average Bonchev–Trinajstić information content (AvgIpc) is 2.17. The van der Waals surface area contributed by atoms with Crippen LogP contribution in [0.2, 0.25) is 0 Å². The van der Waals surface area contributed by atoms with Gasteiger partial charge in [-0.15, -0.1) is 0 Å². The van der Waals surface area contributed by atoms with Gasteiger partial charge in [-0.05, 0) is 0 Å². The van der Waals surface area contributed by atoms with Crippen molar-refractivity contribution in [1.82, 2.24) is 0 Å². The Morgan fingerprint density at radius 3 is 2.00 bits per heavy atom. The Morgan fingerprint density at radius 2 is 1.56 bits per heavy atom. The number of rotatable bonds is 3. The van der Waals surface area contributed by atoms with E-state index < -0.39 is 24.2 Å². The number of halogens is 3. The Morgan fingerprint density at radius 1 is 1.06 bits per heavy atom. The van der Waals surface area contributed by atoms with Crippen LogP contribution in [0.4, 0.5) is 13.2 Å². The van der Waals surface area contributed by atoms with Crippen molar-refractivity contribution in [2.45, 2.75) is 12.6 Å². The normalized spacial score (nSPS) is 10.4. The largest absolute Gasteiger partial charge is 0.450 e. The molecule has 0 aromatic heterocycles. The van der Waals surface area contributed by atoms with Gasteiger partial charge in [0.05, 0.1) is 6.42 Å². The summed E-state index contributed by atoms with van der Waals surface area (Å²) in [6.07, 6.45) is -6.07. The first-order chi connectivity index (χ1) is 6.91. The van der Waals surface area contributed by atoms with Crippen molar-refractivity contribution in [3.8, 4) is 0 Å². The van der Waals surface area contributed by atoms with Crippen LogP contribution in [0.15, 0.2) is 30.3 Å². The second-order valence-corrected chi connectivity index (χ2v) is 2.89. The molecule has 0 saturated heterocycles. The van der Waals surface area contributed by atoms with Gasteiger partial charge >= 0.3 is 6.18 Å². The molecule has 89 valence electrons. The standard InChI is InChI=1S/C10H7F3O2.Tb/c11-10(12,13)9(15)6-8(14)7-4-2-1-3-5-7;/h1-5H,6H2;. The van der Waals surface area contributed by atoms with Crippen LogP contribution in [0.1, 0.15) is 16.8 Å². The van der Waals surface area contributed by atoms with Crippen LogP contribution >= 0.6 is 0 Å². The molecule has 6 heteroatoms. The maximum Gasteiger partial charge on any atom is 0.450 e.